The molecule has 2 aromatic rings. The van der Waals surface area contributed by atoms with Gasteiger partial charge in [0.05, 0.1) is 0 Å². The number of nitrogens with zero attached hydrogens (tertiary/aromatic N) is 4. The molecule has 7 nitrogen and oxygen atoms in total. The Bertz CT molecular complexity index is 869. The smallest absolute Gasteiger partial charge is 0.242 e. The molecule has 3 rings (SSSR count). The number of piperazine rings is 1. The lowest BCUT2D eigenvalue weighted by Gasteiger charge is -2.35. The van der Waals surface area contributed by atoms with E-state index < -0.39 is 0 Å². The van der Waals surface area contributed by atoms with Crippen molar-refractivity contribution in [3.8, 4) is 0 Å². The fourth-order valence-electron chi connectivity index (χ4n) is 3.61. The van der Waals surface area contributed by atoms with Crippen molar-refractivity contribution in [1.82, 2.24) is 24.6 Å². The van der Waals surface area contributed by atoms with Crippen molar-refractivity contribution in [2.24, 2.45) is 0 Å². The zero-order chi connectivity index (χ0) is 20.6. The summed E-state index contributed by atoms with van der Waals surface area (Å²) >= 11 is 5.26. The molecular weight excluding hydrogens is 386 g/mol. The van der Waals surface area contributed by atoms with E-state index in [0.29, 0.717) is 37.4 Å². The van der Waals surface area contributed by atoms with Crippen LogP contribution in [0, 0.1) is 4.77 Å². The number of aromatic amines is 1. The molecule has 29 heavy (non-hydrogen) atoms. The fourth-order valence-corrected chi connectivity index (χ4v) is 3.83. The molecule has 8 heteroatoms. The molecule has 0 radical (unpaired) electrons. The summed E-state index contributed by atoms with van der Waals surface area (Å²) in [6.45, 7) is 4.59. The first-order chi connectivity index (χ1) is 14.1. The number of rotatable bonds is 8. The molecule has 1 fully saturated rings. The Kier molecular flexibility index (Phi) is 7.57. The van der Waals surface area contributed by atoms with Crippen LogP contribution in [0.2, 0.25) is 0 Å². The maximum Gasteiger partial charge on any atom is 0.242 e. The zero-order valence-electron chi connectivity index (χ0n) is 17.0. The third kappa shape index (κ3) is 5.76. The summed E-state index contributed by atoms with van der Waals surface area (Å²) in [7, 11) is 0. The summed E-state index contributed by atoms with van der Waals surface area (Å²) in [5.41, 5.74) is 1.26. The van der Waals surface area contributed by atoms with E-state index in [-0.39, 0.29) is 18.4 Å². The second-order valence-electron chi connectivity index (χ2n) is 7.38. The fraction of sp³-hybridized carbons (Fsp3) is 0.524. The van der Waals surface area contributed by atoms with Crippen molar-refractivity contribution in [1.29, 1.82) is 0 Å². The molecule has 0 bridgehead atoms. The number of H-pyrrole nitrogens is 1. The van der Waals surface area contributed by atoms with Crippen molar-refractivity contribution >= 4 is 24.0 Å². The molecule has 0 aliphatic carbocycles. The summed E-state index contributed by atoms with van der Waals surface area (Å²) in [5.74, 6) is 1.02. The highest BCUT2D eigenvalue weighted by molar-refractivity contribution is 7.71. The average molecular weight is 416 g/mol. The van der Waals surface area contributed by atoms with Gasteiger partial charge in [0, 0.05) is 39.0 Å². The number of aromatic nitrogens is 3. The van der Waals surface area contributed by atoms with Gasteiger partial charge < -0.3 is 9.80 Å². The Morgan fingerprint density at radius 3 is 2.34 bits per heavy atom. The predicted octanol–water partition coefficient (Wildman–Crippen LogP) is 2.59. The molecule has 1 N–H and O–H groups in total. The van der Waals surface area contributed by atoms with E-state index in [1.54, 1.807) is 4.57 Å². The second kappa shape index (κ2) is 10.3. The summed E-state index contributed by atoms with van der Waals surface area (Å²) in [4.78, 5) is 28.9. The number of hydrogen-bond acceptors (Lipinski definition) is 4. The molecule has 156 valence electrons. The molecule has 1 saturated heterocycles. The van der Waals surface area contributed by atoms with Crippen LogP contribution in [0.3, 0.4) is 0 Å². The normalized spacial score (nSPS) is 14.2. The van der Waals surface area contributed by atoms with E-state index in [9.17, 15) is 9.59 Å². The topological polar surface area (TPSA) is 74.2 Å². The molecule has 0 spiro atoms. The Balaban J connectivity index is 1.43. The number of carbonyl (C=O) groups is 2. The quantitative estimate of drug-likeness (QED) is 0.673. The SMILES string of the molecule is CCCc1n[nH]c(=S)n1CC(=O)N1CCN(C(=O)CCCc2ccccc2)CC1. The molecule has 0 unspecified atom stereocenters. The van der Waals surface area contributed by atoms with Crippen LogP contribution < -0.4 is 0 Å². The summed E-state index contributed by atoms with van der Waals surface area (Å²) in [5, 5.41) is 6.99. The Labute approximate surface area is 176 Å². The molecule has 1 aromatic carbocycles. The van der Waals surface area contributed by atoms with Gasteiger partial charge in [0.1, 0.15) is 12.4 Å². The van der Waals surface area contributed by atoms with E-state index >= 15 is 0 Å². The number of hydrogen-bond donors (Lipinski definition) is 1. The minimum absolute atomic E-state index is 0.0241. The Hall–Kier alpha value is -2.48. The molecule has 2 amide bonds. The third-order valence-corrected chi connectivity index (χ3v) is 5.60. The number of carbonyl (C=O) groups excluding carboxylic acids is 2. The van der Waals surface area contributed by atoms with Gasteiger partial charge in [0.25, 0.3) is 0 Å². The van der Waals surface area contributed by atoms with Crippen LogP contribution in [-0.4, -0.2) is 62.6 Å². The summed E-state index contributed by atoms with van der Waals surface area (Å²) < 4.78 is 2.26. The highest BCUT2D eigenvalue weighted by atomic mass is 32.1. The van der Waals surface area contributed by atoms with Crippen LogP contribution in [0.5, 0.6) is 0 Å². The highest BCUT2D eigenvalue weighted by Gasteiger charge is 2.24. The third-order valence-electron chi connectivity index (χ3n) is 5.29. The van der Waals surface area contributed by atoms with Gasteiger partial charge in [-0.15, -0.1) is 0 Å². The van der Waals surface area contributed by atoms with Crippen LogP contribution in [0.1, 0.15) is 37.6 Å². The van der Waals surface area contributed by atoms with Crippen molar-refractivity contribution in [3.05, 3.63) is 46.5 Å². The van der Waals surface area contributed by atoms with Gasteiger partial charge in [-0.2, -0.15) is 5.10 Å². The maximum absolute atomic E-state index is 12.7. The minimum Gasteiger partial charge on any atom is -0.339 e. The van der Waals surface area contributed by atoms with Gasteiger partial charge in [0.15, 0.2) is 4.77 Å². The molecule has 2 heterocycles. The van der Waals surface area contributed by atoms with Gasteiger partial charge in [-0.05, 0) is 37.0 Å². The lowest BCUT2D eigenvalue weighted by atomic mass is 10.1. The van der Waals surface area contributed by atoms with Gasteiger partial charge in [-0.1, -0.05) is 37.3 Å². The Morgan fingerprint density at radius 1 is 1.03 bits per heavy atom. The zero-order valence-corrected chi connectivity index (χ0v) is 17.8. The van der Waals surface area contributed by atoms with E-state index in [2.05, 4.69) is 29.3 Å². The first kappa shape index (κ1) is 21.2. The number of aryl methyl sites for hydroxylation is 2. The monoisotopic (exact) mass is 415 g/mol. The summed E-state index contributed by atoms with van der Waals surface area (Å²) in [6, 6.07) is 10.2. The van der Waals surface area contributed by atoms with E-state index in [1.165, 1.54) is 5.56 Å². The summed E-state index contributed by atoms with van der Waals surface area (Å²) in [6.07, 6.45) is 4.04. The van der Waals surface area contributed by atoms with Crippen LogP contribution in [0.4, 0.5) is 0 Å². The minimum atomic E-state index is 0.0241. The average Bonchev–Trinajstić information content (AvgIpc) is 3.08. The van der Waals surface area contributed by atoms with Crippen molar-refractivity contribution in [2.45, 2.75) is 45.6 Å². The number of amides is 2. The Morgan fingerprint density at radius 2 is 1.69 bits per heavy atom. The first-order valence-electron chi connectivity index (χ1n) is 10.3. The first-order valence-corrected chi connectivity index (χ1v) is 10.7. The molecule has 1 aromatic heterocycles. The van der Waals surface area contributed by atoms with Crippen LogP contribution >= 0.6 is 12.2 Å². The van der Waals surface area contributed by atoms with Gasteiger partial charge in [0.2, 0.25) is 11.8 Å². The van der Waals surface area contributed by atoms with E-state index in [1.807, 2.05) is 28.0 Å². The molecule has 0 saturated carbocycles. The highest BCUT2D eigenvalue weighted by Crippen LogP contribution is 2.10. The molecular formula is C21H29N5O2S. The van der Waals surface area contributed by atoms with Gasteiger partial charge in [-0.3, -0.25) is 19.3 Å². The second-order valence-corrected chi connectivity index (χ2v) is 7.77. The van der Waals surface area contributed by atoms with Crippen LogP contribution in [0.25, 0.3) is 0 Å². The number of nitrogens with one attached hydrogen (secondary N) is 1. The van der Waals surface area contributed by atoms with Crippen molar-refractivity contribution in [2.75, 3.05) is 26.2 Å². The standard InChI is InChI=1S/C21H29N5O2S/c1-2-7-18-22-23-21(29)26(18)16-20(28)25-14-12-24(13-15-25)19(27)11-6-10-17-8-4-3-5-9-17/h3-5,8-9H,2,6-7,10-16H2,1H3,(H,23,29). The van der Waals surface area contributed by atoms with E-state index in [4.69, 9.17) is 12.2 Å². The molecule has 1 aliphatic rings. The van der Waals surface area contributed by atoms with Gasteiger partial charge >= 0.3 is 0 Å². The molecule has 1 aliphatic heterocycles. The predicted molar refractivity (Wildman–Crippen MR) is 114 cm³/mol. The van der Waals surface area contributed by atoms with Crippen LogP contribution in [0.15, 0.2) is 30.3 Å². The lowest BCUT2D eigenvalue weighted by Crippen LogP contribution is -2.51. The van der Waals surface area contributed by atoms with Crippen LogP contribution in [-0.2, 0) is 29.0 Å². The lowest BCUT2D eigenvalue weighted by molar-refractivity contribution is -0.140. The number of benzene rings is 1. The molecule has 0 atom stereocenters. The largest absolute Gasteiger partial charge is 0.339 e. The van der Waals surface area contributed by atoms with Crippen molar-refractivity contribution < 1.29 is 9.59 Å². The van der Waals surface area contributed by atoms with E-state index in [0.717, 1.165) is 31.5 Å². The van der Waals surface area contributed by atoms with Crippen molar-refractivity contribution in [3.63, 3.8) is 0 Å². The van der Waals surface area contributed by atoms with Gasteiger partial charge in [-0.25, -0.2) is 0 Å². The maximum atomic E-state index is 12.7.